The fraction of sp³-hybridized carbons (Fsp3) is 0.643. The van der Waals surface area contributed by atoms with Gasteiger partial charge in [0.05, 0.1) is 18.5 Å². The van der Waals surface area contributed by atoms with Crippen molar-refractivity contribution in [2.45, 2.75) is 38.7 Å². The predicted molar refractivity (Wildman–Crippen MR) is 76.7 cm³/mol. The average Bonchev–Trinajstić information content (AvgIpc) is 2.98. The Kier molecular flexibility index (Phi) is 5.73. The molecular weight excluding hydrogens is 256 g/mol. The molecular formula is C14H22N4O2. The molecule has 2 heterocycles. The van der Waals surface area contributed by atoms with Crippen LogP contribution >= 0.6 is 0 Å². The molecule has 6 nitrogen and oxygen atoms in total. The Labute approximate surface area is 119 Å². The molecule has 1 aromatic rings. The van der Waals surface area contributed by atoms with Gasteiger partial charge in [0.2, 0.25) is 0 Å². The molecule has 110 valence electrons. The van der Waals surface area contributed by atoms with Crippen molar-refractivity contribution < 1.29 is 9.53 Å². The van der Waals surface area contributed by atoms with Gasteiger partial charge >= 0.3 is 0 Å². The van der Waals surface area contributed by atoms with Crippen LogP contribution in [0.1, 0.15) is 43.1 Å². The van der Waals surface area contributed by atoms with E-state index in [9.17, 15) is 4.79 Å². The molecule has 20 heavy (non-hydrogen) atoms. The molecule has 0 aromatic carbocycles. The van der Waals surface area contributed by atoms with Crippen LogP contribution in [0, 0.1) is 0 Å². The first-order chi connectivity index (χ1) is 9.79. The first-order valence-corrected chi connectivity index (χ1v) is 7.25. The van der Waals surface area contributed by atoms with E-state index >= 15 is 0 Å². The van der Waals surface area contributed by atoms with E-state index in [0.717, 1.165) is 38.8 Å². The quantitative estimate of drug-likeness (QED) is 0.792. The third-order valence-corrected chi connectivity index (χ3v) is 3.20. The summed E-state index contributed by atoms with van der Waals surface area (Å²) in [6.45, 7) is 4.34. The second-order valence-corrected chi connectivity index (χ2v) is 4.90. The summed E-state index contributed by atoms with van der Waals surface area (Å²) in [6, 6.07) is 0. The number of amides is 1. The lowest BCUT2D eigenvalue weighted by molar-refractivity contribution is 0.0903. The minimum absolute atomic E-state index is 0.185. The van der Waals surface area contributed by atoms with Crippen LogP contribution in [0.3, 0.4) is 0 Å². The zero-order valence-electron chi connectivity index (χ0n) is 11.9. The molecule has 6 heteroatoms. The van der Waals surface area contributed by atoms with Crippen molar-refractivity contribution in [2.24, 2.45) is 0 Å². The van der Waals surface area contributed by atoms with E-state index in [1.54, 1.807) is 6.20 Å². The monoisotopic (exact) mass is 278 g/mol. The Hall–Kier alpha value is -1.69. The first-order valence-electron chi connectivity index (χ1n) is 7.25. The van der Waals surface area contributed by atoms with Crippen molar-refractivity contribution in [3.05, 3.63) is 18.1 Å². The number of hydrogen-bond donors (Lipinski definition) is 2. The number of nitrogens with one attached hydrogen (secondary N) is 2. The van der Waals surface area contributed by atoms with E-state index < -0.39 is 0 Å². The molecule has 0 saturated carbocycles. The highest BCUT2D eigenvalue weighted by molar-refractivity contribution is 5.92. The van der Waals surface area contributed by atoms with Gasteiger partial charge in [-0.15, -0.1) is 0 Å². The minimum Gasteiger partial charge on any atom is -0.378 e. The SMILES string of the molecule is CCCNc1cncc(C(=O)NCCC2CCCO2)n1. The topological polar surface area (TPSA) is 76.1 Å². The van der Waals surface area contributed by atoms with Crippen LogP contribution in [-0.2, 0) is 4.74 Å². The first kappa shape index (κ1) is 14.7. The number of rotatable bonds is 7. The van der Waals surface area contributed by atoms with Crippen LogP contribution < -0.4 is 10.6 Å². The van der Waals surface area contributed by atoms with E-state index in [-0.39, 0.29) is 5.91 Å². The molecule has 1 aliphatic heterocycles. The number of aromatic nitrogens is 2. The van der Waals surface area contributed by atoms with Crippen molar-refractivity contribution in [1.29, 1.82) is 0 Å². The Morgan fingerprint density at radius 3 is 3.10 bits per heavy atom. The van der Waals surface area contributed by atoms with Crippen LogP contribution in [0.4, 0.5) is 5.82 Å². The summed E-state index contributed by atoms with van der Waals surface area (Å²) in [7, 11) is 0. The number of ether oxygens (including phenoxy) is 1. The summed E-state index contributed by atoms with van der Waals surface area (Å²) in [5.41, 5.74) is 0.346. The standard InChI is InChI=1S/C14H22N4O2/c1-2-6-16-13-10-15-9-12(18-13)14(19)17-7-5-11-4-3-8-20-11/h9-11H,2-8H2,1H3,(H,16,18)(H,17,19). The van der Waals surface area contributed by atoms with Crippen molar-refractivity contribution in [3.8, 4) is 0 Å². The summed E-state index contributed by atoms with van der Waals surface area (Å²) in [5, 5.41) is 5.98. The number of nitrogens with zero attached hydrogens (tertiary/aromatic N) is 2. The molecule has 1 atom stereocenters. The normalized spacial score (nSPS) is 17.9. The van der Waals surface area contributed by atoms with Gasteiger partial charge < -0.3 is 15.4 Å². The van der Waals surface area contributed by atoms with E-state index in [1.807, 2.05) is 0 Å². The lowest BCUT2D eigenvalue weighted by atomic mass is 10.2. The summed E-state index contributed by atoms with van der Waals surface area (Å²) < 4.78 is 5.51. The number of anilines is 1. The van der Waals surface area contributed by atoms with Crippen molar-refractivity contribution in [3.63, 3.8) is 0 Å². The Morgan fingerprint density at radius 2 is 2.35 bits per heavy atom. The zero-order valence-corrected chi connectivity index (χ0v) is 11.9. The molecule has 1 saturated heterocycles. The third-order valence-electron chi connectivity index (χ3n) is 3.20. The molecule has 1 fully saturated rings. The van der Waals surface area contributed by atoms with Crippen LogP contribution in [-0.4, -0.2) is 41.7 Å². The van der Waals surface area contributed by atoms with Gasteiger partial charge in [0, 0.05) is 19.7 Å². The maximum absolute atomic E-state index is 12.0. The zero-order chi connectivity index (χ0) is 14.2. The molecule has 0 aliphatic carbocycles. The maximum atomic E-state index is 12.0. The van der Waals surface area contributed by atoms with Crippen LogP contribution in [0.15, 0.2) is 12.4 Å². The fourth-order valence-corrected chi connectivity index (χ4v) is 2.12. The Morgan fingerprint density at radius 1 is 1.45 bits per heavy atom. The predicted octanol–water partition coefficient (Wildman–Crippen LogP) is 1.60. The van der Waals surface area contributed by atoms with Crippen LogP contribution in [0.5, 0.6) is 0 Å². The highest BCUT2D eigenvalue weighted by Gasteiger charge is 2.15. The van der Waals surface area contributed by atoms with Gasteiger partial charge in [-0.1, -0.05) is 6.92 Å². The fourth-order valence-electron chi connectivity index (χ4n) is 2.12. The van der Waals surface area contributed by atoms with Gasteiger partial charge in [-0.05, 0) is 25.7 Å². The van der Waals surface area contributed by atoms with E-state index in [0.29, 0.717) is 24.2 Å². The molecule has 0 bridgehead atoms. The Bertz CT molecular complexity index is 433. The number of carbonyl (C=O) groups is 1. The number of carbonyl (C=O) groups excluding carboxylic acids is 1. The van der Waals surface area contributed by atoms with E-state index in [2.05, 4.69) is 27.5 Å². The summed E-state index contributed by atoms with van der Waals surface area (Å²) in [6.07, 6.45) is 7.46. The molecule has 2 rings (SSSR count). The van der Waals surface area contributed by atoms with E-state index in [1.165, 1.54) is 6.20 Å². The molecule has 1 aliphatic rings. The van der Waals surface area contributed by atoms with Crippen LogP contribution in [0.2, 0.25) is 0 Å². The van der Waals surface area contributed by atoms with Gasteiger partial charge in [0.25, 0.3) is 5.91 Å². The summed E-state index contributed by atoms with van der Waals surface area (Å²) in [4.78, 5) is 20.2. The smallest absolute Gasteiger partial charge is 0.271 e. The highest BCUT2D eigenvalue weighted by atomic mass is 16.5. The van der Waals surface area contributed by atoms with Crippen molar-refractivity contribution in [2.75, 3.05) is 25.0 Å². The van der Waals surface area contributed by atoms with Crippen molar-refractivity contribution >= 4 is 11.7 Å². The van der Waals surface area contributed by atoms with Crippen molar-refractivity contribution in [1.82, 2.24) is 15.3 Å². The second kappa shape index (κ2) is 7.79. The average molecular weight is 278 g/mol. The number of hydrogen-bond acceptors (Lipinski definition) is 5. The largest absolute Gasteiger partial charge is 0.378 e. The third kappa shape index (κ3) is 4.45. The van der Waals surface area contributed by atoms with Gasteiger partial charge in [-0.2, -0.15) is 0 Å². The second-order valence-electron chi connectivity index (χ2n) is 4.90. The lowest BCUT2D eigenvalue weighted by Gasteiger charge is -2.10. The molecule has 2 N–H and O–H groups in total. The molecule has 1 amide bonds. The highest BCUT2D eigenvalue weighted by Crippen LogP contribution is 2.14. The summed E-state index contributed by atoms with van der Waals surface area (Å²) in [5.74, 6) is 0.453. The Balaban J connectivity index is 1.78. The lowest BCUT2D eigenvalue weighted by Crippen LogP contribution is -2.28. The minimum atomic E-state index is -0.185. The molecule has 1 unspecified atom stereocenters. The van der Waals surface area contributed by atoms with E-state index in [4.69, 9.17) is 4.74 Å². The molecule has 0 radical (unpaired) electrons. The molecule has 1 aromatic heterocycles. The summed E-state index contributed by atoms with van der Waals surface area (Å²) >= 11 is 0. The maximum Gasteiger partial charge on any atom is 0.271 e. The van der Waals surface area contributed by atoms with Gasteiger partial charge in [0.15, 0.2) is 0 Å². The van der Waals surface area contributed by atoms with Crippen LogP contribution in [0.25, 0.3) is 0 Å². The van der Waals surface area contributed by atoms with Gasteiger partial charge in [-0.25, -0.2) is 4.98 Å². The van der Waals surface area contributed by atoms with Gasteiger partial charge in [-0.3, -0.25) is 9.78 Å². The van der Waals surface area contributed by atoms with Gasteiger partial charge in [0.1, 0.15) is 11.5 Å². The molecule has 0 spiro atoms.